The van der Waals surface area contributed by atoms with Gasteiger partial charge >= 0.3 is 0 Å². The molecule has 0 unspecified atom stereocenters. The van der Waals surface area contributed by atoms with Crippen LogP contribution >= 0.6 is 0 Å². The fraction of sp³-hybridized carbons (Fsp3) is 0.0667. The summed E-state index contributed by atoms with van der Waals surface area (Å²) in [5.74, 6) is 2.55. The van der Waals surface area contributed by atoms with Crippen LogP contribution in [0.15, 0.2) is 146 Å². The van der Waals surface area contributed by atoms with Crippen LogP contribution in [0.1, 0.15) is 25.0 Å². The van der Waals surface area contributed by atoms with Crippen LogP contribution in [0.4, 0.5) is 0 Å². The summed E-state index contributed by atoms with van der Waals surface area (Å²) in [7, 11) is 0. The topological polar surface area (TPSA) is 35.0 Å². The van der Waals surface area contributed by atoms with E-state index in [1.807, 2.05) is 12.1 Å². The van der Waals surface area contributed by atoms with E-state index in [0.717, 1.165) is 50.3 Å². The molecule has 226 valence electrons. The second-order valence-corrected chi connectivity index (χ2v) is 13.3. The van der Waals surface area contributed by atoms with Gasteiger partial charge in [-0.1, -0.05) is 147 Å². The van der Waals surface area contributed by atoms with Crippen molar-refractivity contribution >= 4 is 21.7 Å². The Morgan fingerprint density at radius 1 is 0.458 bits per heavy atom. The monoisotopic (exact) mass is 614 g/mol. The van der Waals surface area contributed by atoms with Crippen molar-refractivity contribution in [3.05, 3.63) is 157 Å². The highest BCUT2D eigenvalue weighted by atomic mass is 16.5. The molecule has 0 radical (unpaired) electrons. The highest BCUT2D eigenvalue weighted by Crippen LogP contribution is 2.52. The van der Waals surface area contributed by atoms with Crippen LogP contribution in [0.5, 0.6) is 11.5 Å². The van der Waals surface area contributed by atoms with Gasteiger partial charge in [0.1, 0.15) is 11.5 Å². The van der Waals surface area contributed by atoms with Crippen molar-refractivity contribution in [2.75, 3.05) is 0 Å². The van der Waals surface area contributed by atoms with E-state index in [9.17, 15) is 0 Å². The lowest BCUT2D eigenvalue weighted by Crippen LogP contribution is -2.24. The lowest BCUT2D eigenvalue weighted by atomic mass is 9.75. The van der Waals surface area contributed by atoms with E-state index in [0.29, 0.717) is 5.82 Å². The molecule has 8 aromatic rings. The average molecular weight is 615 g/mol. The minimum atomic E-state index is -0.166. The van der Waals surface area contributed by atoms with Crippen molar-refractivity contribution in [3.63, 3.8) is 0 Å². The minimum absolute atomic E-state index is 0.166. The first-order chi connectivity index (χ1) is 23.6. The van der Waals surface area contributed by atoms with E-state index in [2.05, 4.69) is 147 Å². The summed E-state index contributed by atoms with van der Waals surface area (Å²) in [5, 5.41) is 3.55. The van der Waals surface area contributed by atoms with Crippen molar-refractivity contribution in [2.45, 2.75) is 19.3 Å². The zero-order valence-electron chi connectivity index (χ0n) is 26.7. The molecule has 0 spiro atoms. The van der Waals surface area contributed by atoms with E-state index in [4.69, 9.17) is 14.7 Å². The molecule has 0 amide bonds. The molecule has 0 saturated carbocycles. The van der Waals surface area contributed by atoms with Gasteiger partial charge < -0.3 is 4.74 Å². The SMILES string of the molecule is CC1(C)c2ccccc2Oc2c(-c3ccc(-c4nc(-c5ccc6c7c(cccc57)-c5ccccc5-6)c5ccccc5n4)cc3)cccc21. The van der Waals surface area contributed by atoms with Gasteiger partial charge in [0.25, 0.3) is 0 Å². The summed E-state index contributed by atoms with van der Waals surface area (Å²) in [6.07, 6.45) is 0. The summed E-state index contributed by atoms with van der Waals surface area (Å²) >= 11 is 0. The maximum Gasteiger partial charge on any atom is 0.160 e. The van der Waals surface area contributed by atoms with E-state index < -0.39 is 0 Å². The van der Waals surface area contributed by atoms with Gasteiger partial charge in [0, 0.05) is 38.6 Å². The van der Waals surface area contributed by atoms with Gasteiger partial charge in [-0.05, 0) is 50.7 Å². The predicted octanol–water partition coefficient (Wildman–Crippen LogP) is 11.9. The highest BCUT2D eigenvalue weighted by Gasteiger charge is 2.35. The zero-order chi connectivity index (χ0) is 32.0. The molecule has 0 bridgehead atoms. The number of rotatable bonds is 3. The number of hydrogen-bond acceptors (Lipinski definition) is 3. The Kier molecular flexibility index (Phi) is 5.63. The van der Waals surface area contributed by atoms with Gasteiger partial charge in [-0.25, -0.2) is 9.97 Å². The summed E-state index contributed by atoms with van der Waals surface area (Å²) < 4.78 is 6.58. The first kappa shape index (κ1) is 27.1. The largest absolute Gasteiger partial charge is 0.456 e. The van der Waals surface area contributed by atoms with Gasteiger partial charge in [-0.15, -0.1) is 0 Å². The third-order valence-corrected chi connectivity index (χ3v) is 10.3. The standard InChI is InChI=1S/C45H30N2O/c1-45(2)37-17-6-8-20-40(37)48-43-29(14-10-18-38(43)45)27-21-23-28(24-22-27)44-46-39-19-7-5-13-36(39)42(47-44)35-26-25-34-31-12-4-3-11-30(31)32-15-9-16-33(35)41(32)34/h3-26H,1-2H3. The Hall–Kier alpha value is -6.06. The van der Waals surface area contributed by atoms with Crippen molar-refractivity contribution in [1.29, 1.82) is 0 Å². The molecule has 2 heterocycles. The van der Waals surface area contributed by atoms with E-state index >= 15 is 0 Å². The predicted molar refractivity (Wildman–Crippen MR) is 196 cm³/mol. The molecular formula is C45H30N2O. The summed E-state index contributed by atoms with van der Waals surface area (Å²) in [6, 6.07) is 51.6. The molecule has 0 fully saturated rings. The smallest absolute Gasteiger partial charge is 0.160 e. The number of ether oxygens (including phenoxy) is 1. The van der Waals surface area contributed by atoms with Gasteiger partial charge in [-0.3, -0.25) is 0 Å². The molecule has 0 N–H and O–H groups in total. The van der Waals surface area contributed by atoms with Gasteiger partial charge in [0.05, 0.1) is 11.2 Å². The molecule has 3 nitrogen and oxygen atoms in total. The van der Waals surface area contributed by atoms with Crippen LogP contribution < -0.4 is 4.74 Å². The van der Waals surface area contributed by atoms with Crippen molar-refractivity contribution in [1.82, 2.24) is 9.97 Å². The zero-order valence-corrected chi connectivity index (χ0v) is 26.7. The number of nitrogens with zero attached hydrogens (tertiary/aromatic N) is 2. The number of hydrogen-bond donors (Lipinski definition) is 0. The molecule has 1 aliphatic carbocycles. The Balaban J connectivity index is 1.10. The van der Waals surface area contributed by atoms with Crippen LogP contribution in [-0.4, -0.2) is 9.97 Å². The number of para-hydroxylation sites is 3. The summed E-state index contributed by atoms with van der Waals surface area (Å²) in [6.45, 7) is 4.55. The molecule has 1 aliphatic heterocycles. The molecular weight excluding hydrogens is 585 g/mol. The molecule has 7 aromatic carbocycles. The molecule has 3 heteroatoms. The lowest BCUT2D eigenvalue weighted by Gasteiger charge is -2.35. The van der Waals surface area contributed by atoms with E-state index in [1.54, 1.807) is 0 Å². The molecule has 10 rings (SSSR count). The lowest BCUT2D eigenvalue weighted by molar-refractivity contribution is 0.419. The second-order valence-electron chi connectivity index (χ2n) is 13.3. The average Bonchev–Trinajstić information content (AvgIpc) is 3.46. The minimum Gasteiger partial charge on any atom is -0.456 e. The maximum atomic E-state index is 6.58. The normalized spacial score (nSPS) is 13.5. The van der Waals surface area contributed by atoms with Crippen LogP contribution in [-0.2, 0) is 5.41 Å². The fourth-order valence-electron chi connectivity index (χ4n) is 7.92. The second kappa shape index (κ2) is 9.97. The highest BCUT2D eigenvalue weighted by molar-refractivity contribution is 6.19. The van der Waals surface area contributed by atoms with Crippen molar-refractivity contribution in [3.8, 4) is 67.5 Å². The summed E-state index contributed by atoms with van der Waals surface area (Å²) in [4.78, 5) is 10.4. The molecule has 48 heavy (non-hydrogen) atoms. The van der Waals surface area contributed by atoms with Crippen LogP contribution in [0.25, 0.3) is 77.7 Å². The van der Waals surface area contributed by atoms with E-state index in [1.165, 1.54) is 44.2 Å². The Bertz CT molecular complexity index is 2590. The van der Waals surface area contributed by atoms with Gasteiger partial charge in [0.2, 0.25) is 0 Å². The molecule has 0 atom stereocenters. The summed E-state index contributed by atoms with van der Waals surface area (Å²) in [5.41, 5.74) is 13.5. The van der Waals surface area contributed by atoms with Crippen molar-refractivity contribution < 1.29 is 4.74 Å². The molecule has 1 aromatic heterocycles. The Morgan fingerprint density at radius 3 is 1.92 bits per heavy atom. The molecule has 2 aliphatic rings. The third kappa shape index (κ3) is 3.82. The number of fused-ring (bicyclic) bond motifs is 6. The number of aromatic nitrogens is 2. The first-order valence-electron chi connectivity index (χ1n) is 16.5. The van der Waals surface area contributed by atoms with Crippen molar-refractivity contribution in [2.24, 2.45) is 0 Å². The van der Waals surface area contributed by atoms with Crippen LogP contribution in [0, 0.1) is 0 Å². The number of benzene rings is 7. The maximum absolute atomic E-state index is 6.58. The van der Waals surface area contributed by atoms with Gasteiger partial charge in [-0.2, -0.15) is 0 Å². The van der Waals surface area contributed by atoms with Crippen LogP contribution in [0.3, 0.4) is 0 Å². The van der Waals surface area contributed by atoms with E-state index in [-0.39, 0.29) is 5.41 Å². The third-order valence-electron chi connectivity index (χ3n) is 10.3. The fourth-order valence-corrected chi connectivity index (χ4v) is 7.92. The molecule has 0 saturated heterocycles. The van der Waals surface area contributed by atoms with Crippen LogP contribution in [0.2, 0.25) is 0 Å². The quantitative estimate of drug-likeness (QED) is 0.199. The Morgan fingerprint density at radius 2 is 1.06 bits per heavy atom. The van der Waals surface area contributed by atoms with Gasteiger partial charge in [0.15, 0.2) is 5.82 Å². The first-order valence-corrected chi connectivity index (χ1v) is 16.5. The Labute approximate surface area is 279 Å².